The van der Waals surface area contributed by atoms with E-state index in [2.05, 4.69) is 6.92 Å². The molecule has 5 heteroatoms. The van der Waals surface area contributed by atoms with Crippen LogP contribution in [0.5, 0.6) is 0 Å². The first kappa shape index (κ1) is 16.9. The molecule has 0 aromatic heterocycles. The molecule has 0 saturated heterocycles. The first-order valence-corrected chi connectivity index (χ1v) is 6.49. The van der Waals surface area contributed by atoms with Gasteiger partial charge in [-0.05, 0) is 12.8 Å². The number of ether oxygens (including phenoxy) is 1. The summed E-state index contributed by atoms with van der Waals surface area (Å²) in [6.07, 6.45) is 5.89. The van der Waals surface area contributed by atoms with E-state index in [0.29, 0.717) is 6.42 Å². The average molecular weight is 260 g/mol. The highest BCUT2D eigenvalue weighted by atomic mass is 16.5. The van der Waals surface area contributed by atoms with Gasteiger partial charge in [0.05, 0.1) is 6.42 Å². The van der Waals surface area contributed by atoms with Crippen molar-refractivity contribution in [2.45, 2.75) is 63.9 Å². The van der Waals surface area contributed by atoms with Gasteiger partial charge in [-0.25, -0.2) is 4.79 Å². The van der Waals surface area contributed by atoms with E-state index in [1.165, 1.54) is 13.5 Å². The molecule has 0 aliphatic carbocycles. The molecule has 5 nitrogen and oxygen atoms in total. The molecule has 0 aliphatic rings. The number of rotatable bonds is 11. The van der Waals surface area contributed by atoms with Crippen molar-refractivity contribution >= 4 is 11.9 Å². The molecular formula is C13H24O5. The number of carboxylic acids is 2. The summed E-state index contributed by atoms with van der Waals surface area (Å²) in [5.74, 6) is -2.34. The number of aliphatic carboxylic acids is 2. The van der Waals surface area contributed by atoms with E-state index in [1.54, 1.807) is 0 Å². The Balaban J connectivity index is 4.17. The van der Waals surface area contributed by atoms with Crippen molar-refractivity contribution in [3.8, 4) is 0 Å². The van der Waals surface area contributed by atoms with Crippen LogP contribution in [0.25, 0.3) is 0 Å². The van der Waals surface area contributed by atoms with Crippen LogP contribution in [0.15, 0.2) is 0 Å². The minimum absolute atomic E-state index is 0.247. The van der Waals surface area contributed by atoms with Crippen LogP contribution in [0.2, 0.25) is 0 Å². The van der Waals surface area contributed by atoms with E-state index >= 15 is 0 Å². The summed E-state index contributed by atoms with van der Waals surface area (Å²) in [5.41, 5.74) is -1.57. The predicted molar refractivity (Wildman–Crippen MR) is 67.6 cm³/mol. The van der Waals surface area contributed by atoms with Gasteiger partial charge < -0.3 is 14.9 Å². The van der Waals surface area contributed by atoms with Crippen LogP contribution in [0.3, 0.4) is 0 Å². The Labute approximate surface area is 108 Å². The smallest absolute Gasteiger partial charge is 0.336 e. The largest absolute Gasteiger partial charge is 0.481 e. The second kappa shape index (κ2) is 8.91. The Kier molecular flexibility index (Phi) is 8.37. The zero-order chi connectivity index (χ0) is 14.0. The third-order valence-corrected chi connectivity index (χ3v) is 3.15. The lowest BCUT2D eigenvalue weighted by Crippen LogP contribution is -2.42. The van der Waals surface area contributed by atoms with Crippen LogP contribution in [-0.4, -0.2) is 34.9 Å². The third-order valence-electron chi connectivity index (χ3n) is 3.15. The van der Waals surface area contributed by atoms with E-state index in [-0.39, 0.29) is 6.42 Å². The summed E-state index contributed by atoms with van der Waals surface area (Å²) >= 11 is 0. The predicted octanol–water partition coefficient (Wildman–Crippen LogP) is 2.68. The van der Waals surface area contributed by atoms with Crippen LogP contribution in [0.1, 0.15) is 58.3 Å². The molecule has 0 aliphatic heterocycles. The van der Waals surface area contributed by atoms with Crippen LogP contribution < -0.4 is 0 Å². The quantitative estimate of drug-likeness (QED) is 0.558. The molecule has 0 spiro atoms. The summed E-state index contributed by atoms with van der Waals surface area (Å²) in [7, 11) is 1.26. The van der Waals surface area contributed by atoms with E-state index < -0.39 is 24.0 Å². The lowest BCUT2D eigenvalue weighted by atomic mass is 9.92. The monoisotopic (exact) mass is 260 g/mol. The van der Waals surface area contributed by atoms with Crippen molar-refractivity contribution in [2.75, 3.05) is 7.11 Å². The van der Waals surface area contributed by atoms with Gasteiger partial charge in [0.2, 0.25) is 0 Å². The molecule has 106 valence electrons. The standard InChI is InChI=1S/C13H24O5/c1-3-4-5-6-7-8-9-13(18-2,12(16)17)10-11(14)15/h3-10H2,1-2H3,(H,14,15)(H,16,17). The van der Waals surface area contributed by atoms with Crippen LogP contribution in [0, 0.1) is 0 Å². The average Bonchev–Trinajstić information content (AvgIpc) is 2.31. The Bertz CT molecular complexity index is 264. The number of hydrogen-bond acceptors (Lipinski definition) is 3. The lowest BCUT2D eigenvalue weighted by Gasteiger charge is -2.26. The Morgan fingerprint density at radius 2 is 1.61 bits per heavy atom. The molecule has 0 rings (SSSR count). The molecule has 0 heterocycles. The van der Waals surface area contributed by atoms with Gasteiger partial charge in [-0.3, -0.25) is 4.79 Å². The van der Waals surface area contributed by atoms with Crippen molar-refractivity contribution in [3.63, 3.8) is 0 Å². The van der Waals surface area contributed by atoms with Gasteiger partial charge in [0.15, 0.2) is 5.60 Å². The van der Waals surface area contributed by atoms with Crippen molar-refractivity contribution in [2.24, 2.45) is 0 Å². The second-order valence-corrected chi connectivity index (χ2v) is 4.59. The first-order valence-electron chi connectivity index (χ1n) is 6.49. The number of hydrogen-bond donors (Lipinski definition) is 2. The second-order valence-electron chi connectivity index (χ2n) is 4.59. The number of carboxylic acid groups (broad SMARTS) is 2. The van der Waals surface area contributed by atoms with Crippen molar-refractivity contribution in [1.82, 2.24) is 0 Å². The molecule has 18 heavy (non-hydrogen) atoms. The summed E-state index contributed by atoms with van der Waals surface area (Å²) < 4.78 is 4.96. The van der Waals surface area contributed by atoms with Crippen molar-refractivity contribution in [3.05, 3.63) is 0 Å². The highest BCUT2D eigenvalue weighted by Gasteiger charge is 2.40. The molecule has 1 atom stereocenters. The SMILES string of the molecule is CCCCCCCCC(CC(=O)O)(OC)C(=O)O. The Hall–Kier alpha value is -1.10. The molecule has 0 fully saturated rings. The zero-order valence-electron chi connectivity index (χ0n) is 11.3. The minimum Gasteiger partial charge on any atom is -0.481 e. The van der Waals surface area contributed by atoms with Gasteiger partial charge in [-0.15, -0.1) is 0 Å². The summed E-state index contributed by atoms with van der Waals surface area (Å²) in [6.45, 7) is 2.13. The summed E-state index contributed by atoms with van der Waals surface area (Å²) in [6, 6.07) is 0. The summed E-state index contributed by atoms with van der Waals surface area (Å²) in [4.78, 5) is 21.9. The van der Waals surface area contributed by atoms with Gasteiger partial charge in [0, 0.05) is 7.11 Å². The molecular weight excluding hydrogens is 236 g/mol. The molecule has 0 aromatic carbocycles. The molecule has 0 saturated carbocycles. The van der Waals surface area contributed by atoms with Gasteiger partial charge in [0.1, 0.15) is 0 Å². The van der Waals surface area contributed by atoms with E-state index in [4.69, 9.17) is 14.9 Å². The van der Waals surface area contributed by atoms with E-state index in [9.17, 15) is 9.59 Å². The fourth-order valence-electron chi connectivity index (χ4n) is 1.97. The Morgan fingerprint density at radius 1 is 1.06 bits per heavy atom. The number of carbonyl (C=O) groups is 2. The van der Waals surface area contributed by atoms with E-state index in [0.717, 1.165) is 25.7 Å². The molecule has 0 amide bonds. The fourth-order valence-corrected chi connectivity index (χ4v) is 1.97. The maximum Gasteiger partial charge on any atom is 0.336 e. The van der Waals surface area contributed by atoms with Crippen LogP contribution >= 0.6 is 0 Å². The number of methoxy groups -OCH3 is 1. The normalized spacial score (nSPS) is 14.1. The number of unbranched alkanes of at least 4 members (excludes halogenated alkanes) is 5. The molecule has 1 unspecified atom stereocenters. The molecule has 0 bridgehead atoms. The molecule has 2 N–H and O–H groups in total. The van der Waals surface area contributed by atoms with Crippen LogP contribution in [-0.2, 0) is 14.3 Å². The maximum absolute atomic E-state index is 11.2. The van der Waals surface area contributed by atoms with Crippen molar-refractivity contribution in [1.29, 1.82) is 0 Å². The third kappa shape index (κ3) is 6.00. The molecule has 0 radical (unpaired) electrons. The van der Waals surface area contributed by atoms with Gasteiger partial charge in [0.25, 0.3) is 0 Å². The van der Waals surface area contributed by atoms with Crippen molar-refractivity contribution < 1.29 is 24.5 Å². The minimum atomic E-state index is -1.57. The summed E-state index contributed by atoms with van der Waals surface area (Å²) in [5, 5.41) is 17.9. The first-order chi connectivity index (χ1) is 8.48. The highest BCUT2D eigenvalue weighted by Crippen LogP contribution is 2.24. The van der Waals surface area contributed by atoms with Gasteiger partial charge >= 0.3 is 11.9 Å². The topological polar surface area (TPSA) is 83.8 Å². The van der Waals surface area contributed by atoms with Gasteiger partial charge in [-0.1, -0.05) is 39.0 Å². The zero-order valence-corrected chi connectivity index (χ0v) is 11.3. The lowest BCUT2D eigenvalue weighted by molar-refractivity contribution is -0.170. The van der Waals surface area contributed by atoms with E-state index in [1.807, 2.05) is 0 Å². The molecule has 0 aromatic rings. The highest BCUT2D eigenvalue weighted by molar-refractivity contribution is 5.83. The Morgan fingerprint density at radius 3 is 2.06 bits per heavy atom. The fraction of sp³-hybridized carbons (Fsp3) is 0.846. The van der Waals surface area contributed by atoms with Gasteiger partial charge in [-0.2, -0.15) is 0 Å². The maximum atomic E-state index is 11.2. The van der Waals surface area contributed by atoms with Crippen LogP contribution in [0.4, 0.5) is 0 Å².